The number of sulfonamides is 1. The van der Waals surface area contributed by atoms with Crippen LogP contribution in [0, 0.1) is 0 Å². The van der Waals surface area contributed by atoms with E-state index in [0.29, 0.717) is 0 Å². The molecule has 0 aliphatic rings. The van der Waals surface area contributed by atoms with Crippen LogP contribution in [0.15, 0.2) is 24.5 Å². The van der Waals surface area contributed by atoms with Gasteiger partial charge in [0, 0.05) is 24.4 Å². The number of rotatable bonds is 6. The largest absolute Gasteiger partial charge is 0.300 e. The van der Waals surface area contributed by atoms with Gasteiger partial charge in [0.2, 0.25) is 10.0 Å². The van der Waals surface area contributed by atoms with E-state index in [1.165, 1.54) is 31.5 Å². The van der Waals surface area contributed by atoms with Gasteiger partial charge in [-0.3, -0.25) is 9.78 Å². The van der Waals surface area contributed by atoms with Crippen LogP contribution >= 0.6 is 0 Å². The first-order valence-corrected chi connectivity index (χ1v) is 6.88. The fraction of sp³-hybridized carbons (Fsp3) is 0.364. The lowest BCUT2D eigenvalue weighted by Gasteiger charge is -2.12. The van der Waals surface area contributed by atoms with Gasteiger partial charge in [-0.15, -0.1) is 0 Å². The molecule has 0 aromatic carbocycles. The van der Waals surface area contributed by atoms with Crippen LogP contribution in [0.25, 0.3) is 0 Å². The van der Waals surface area contributed by atoms with Crippen LogP contribution in [-0.2, 0) is 14.8 Å². The zero-order valence-corrected chi connectivity index (χ0v) is 10.7. The maximum Gasteiger partial charge on any atom is 0.219 e. The van der Waals surface area contributed by atoms with Gasteiger partial charge in [-0.25, -0.2) is 13.6 Å². The van der Waals surface area contributed by atoms with Crippen LogP contribution in [0.3, 0.4) is 0 Å². The van der Waals surface area contributed by atoms with E-state index in [1.807, 2.05) is 0 Å². The Morgan fingerprint density at radius 1 is 1.44 bits per heavy atom. The fourth-order valence-electron chi connectivity index (χ4n) is 1.47. The molecule has 2 N–H and O–H groups in total. The third-order valence-electron chi connectivity index (χ3n) is 2.39. The second-order valence-corrected chi connectivity index (χ2v) is 5.67. The summed E-state index contributed by atoms with van der Waals surface area (Å²) in [5.41, 5.74) is 0.167. The van der Waals surface area contributed by atoms with Crippen LogP contribution < -0.4 is 5.14 Å². The molecule has 1 aromatic heterocycles. The average Bonchev–Trinajstić information content (AvgIpc) is 2.28. The molecule has 0 saturated carbocycles. The lowest BCUT2D eigenvalue weighted by Crippen LogP contribution is -2.36. The van der Waals surface area contributed by atoms with Gasteiger partial charge < -0.3 is 4.79 Å². The zero-order chi connectivity index (χ0) is 13.8. The topological polar surface area (TPSA) is 107 Å². The Balaban J connectivity index is 2.98. The number of ketones is 2. The molecule has 7 heteroatoms. The number of nitrogens with two attached hydrogens (primary N) is 1. The summed E-state index contributed by atoms with van der Waals surface area (Å²) in [6, 6.07) is 2.99. The highest BCUT2D eigenvalue weighted by Crippen LogP contribution is 2.13. The Morgan fingerprint density at radius 2 is 2.11 bits per heavy atom. The van der Waals surface area contributed by atoms with Gasteiger partial charge in [-0.05, 0) is 25.5 Å². The van der Waals surface area contributed by atoms with Gasteiger partial charge in [-0.1, -0.05) is 0 Å². The summed E-state index contributed by atoms with van der Waals surface area (Å²) >= 11 is 0. The molecule has 18 heavy (non-hydrogen) atoms. The highest BCUT2D eigenvalue weighted by atomic mass is 32.2. The van der Waals surface area contributed by atoms with Gasteiger partial charge in [0.15, 0.2) is 5.78 Å². The molecule has 1 unspecified atom stereocenters. The van der Waals surface area contributed by atoms with E-state index in [0.717, 1.165) is 0 Å². The second-order valence-electron chi connectivity index (χ2n) is 3.92. The van der Waals surface area contributed by atoms with Crippen molar-refractivity contribution in [1.29, 1.82) is 0 Å². The molecule has 1 aromatic rings. The van der Waals surface area contributed by atoms with Crippen molar-refractivity contribution in [2.75, 3.05) is 0 Å². The number of primary sulfonamides is 1. The lowest BCUT2D eigenvalue weighted by molar-refractivity contribution is -0.117. The number of nitrogens with zero attached hydrogens (tertiary/aromatic N) is 1. The number of carbonyl (C=O) groups excluding carboxylic acids is 2. The van der Waals surface area contributed by atoms with Gasteiger partial charge >= 0.3 is 0 Å². The molecule has 98 valence electrons. The third-order valence-corrected chi connectivity index (χ3v) is 3.64. The number of hydrogen-bond donors (Lipinski definition) is 1. The maximum absolute atomic E-state index is 12.0. The summed E-state index contributed by atoms with van der Waals surface area (Å²) in [4.78, 5) is 26.6. The van der Waals surface area contributed by atoms with Crippen molar-refractivity contribution >= 4 is 21.6 Å². The highest BCUT2D eigenvalue weighted by Gasteiger charge is 2.30. The number of aromatic nitrogens is 1. The van der Waals surface area contributed by atoms with Crippen LogP contribution in [-0.4, -0.2) is 30.2 Å². The zero-order valence-electron chi connectivity index (χ0n) is 9.87. The third kappa shape index (κ3) is 4.01. The highest BCUT2D eigenvalue weighted by molar-refractivity contribution is 7.90. The molecule has 0 radical (unpaired) electrons. The summed E-state index contributed by atoms with van der Waals surface area (Å²) in [5.74, 6) is -0.825. The number of Topliss-reactive ketones (excluding diaryl/α,β-unsaturated/α-hetero) is 2. The summed E-state index contributed by atoms with van der Waals surface area (Å²) in [5, 5.41) is 3.63. The molecule has 6 nitrogen and oxygen atoms in total. The summed E-state index contributed by atoms with van der Waals surface area (Å²) in [7, 11) is -4.04. The van der Waals surface area contributed by atoms with Crippen molar-refractivity contribution in [2.45, 2.75) is 25.0 Å². The minimum absolute atomic E-state index is 0.00685. The fourth-order valence-corrected chi connectivity index (χ4v) is 2.35. The van der Waals surface area contributed by atoms with Crippen molar-refractivity contribution in [3.8, 4) is 0 Å². The summed E-state index contributed by atoms with van der Waals surface area (Å²) in [6.07, 6.45) is 2.63. The Labute approximate surface area is 105 Å². The number of hydrogen-bond acceptors (Lipinski definition) is 5. The van der Waals surface area contributed by atoms with E-state index in [4.69, 9.17) is 5.14 Å². The molecule has 0 amide bonds. The molecule has 0 bridgehead atoms. The molecular formula is C11H14N2O4S. The summed E-state index contributed by atoms with van der Waals surface area (Å²) < 4.78 is 22.8. The average molecular weight is 270 g/mol. The van der Waals surface area contributed by atoms with Crippen molar-refractivity contribution in [3.63, 3.8) is 0 Å². The van der Waals surface area contributed by atoms with Crippen LogP contribution in [0.2, 0.25) is 0 Å². The predicted molar refractivity (Wildman–Crippen MR) is 65.4 cm³/mol. The molecule has 0 saturated heterocycles. The minimum Gasteiger partial charge on any atom is -0.300 e. The molecule has 0 aliphatic carbocycles. The number of pyridine rings is 1. The van der Waals surface area contributed by atoms with E-state index in [9.17, 15) is 18.0 Å². The first-order valence-electron chi connectivity index (χ1n) is 5.27. The molecular weight excluding hydrogens is 256 g/mol. The van der Waals surface area contributed by atoms with E-state index < -0.39 is 21.1 Å². The Kier molecular flexibility index (Phi) is 4.69. The minimum atomic E-state index is -4.04. The summed E-state index contributed by atoms with van der Waals surface area (Å²) in [6.45, 7) is 1.33. The van der Waals surface area contributed by atoms with E-state index in [-0.39, 0.29) is 24.2 Å². The first-order chi connectivity index (χ1) is 8.32. The van der Waals surface area contributed by atoms with Crippen molar-refractivity contribution < 1.29 is 18.0 Å². The monoisotopic (exact) mass is 270 g/mol. The van der Waals surface area contributed by atoms with Gasteiger partial charge in [0.05, 0.1) is 0 Å². The molecule has 1 atom stereocenters. The van der Waals surface area contributed by atoms with Gasteiger partial charge in [-0.2, -0.15) is 0 Å². The molecule has 0 fully saturated rings. The number of carbonyl (C=O) groups is 2. The van der Waals surface area contributed by atoms with Crippen LogP contribution in [0.4, 0.5) is 0 Å². The van der Waals surface area contributed by atoms with Crippen LogP contribution in [0.5, 0.6) is 0 Å². The quantitative estimate of drug-likeness (QED) is 0.747. The Hall–Kier alpha value is -1.60. The van der Waals surface area contributed by atoms with E-state index in [1.54, 1.807) is 0 Å². The van der Waals surface area contributed by atoms with Crippen molar-refractivity contribution in [2.24, 2.45) is 5.14 Å². The molecule has 1 rings (SSSR count). The van der Waals surface area contributed by atoms with Crippen molar-refractivity contribution in [1.82, 2.24) is 4.98 Å². The SMILES string of the molecule is CC(=O)CCC(C(=O)c1cccnc1)S(N)(=O)=O. The smallest absolute Gasteiger partial charge is 0.219 e. The Morgan fingerprint density at radius 3 is 2.56 bits per heavy atom. The van der Waals surface area contributed by atoms with Crippen molar-refractivity contribution in [3.05, 3.63) is 30.1 Å². The molecule has 0 aliphatic heterocycles. The Bertz CT molecular complexity index is 539. The van der Waals surface area contributed by atoms with E-state index >= 15 is 0 Å². The lowest BCUT2D eigenvalue weighted by atomic mass is 10.1. The van der Waals surface area contributed by atoms with E-state index in [2.05, 4.69) is 4.98 Å². The molecule has 1 heterocycles. The predicted octanol–water partition coefficient (Wildman–Crippen LogP) is 0.291. The second kappa shape index (κ2) is 5.83. The maximum atomic E-state index is 12.0. The molecule has 0 spiro atoms. The standard InChI is InChI=1S/C11H14N2O4S/c1-8(14)4-5-10(18(12,16)17)11(15)9-3-2-6-13-7-9/h2-3,6-7,10H,4-5H2,1H3,(H2,12,16,17). The van der Waals surface area contributed by atoms with Gasteiger partial charge in [0.1, 0.15) is 11.0 Å². The van der Waals surface area contributed by atoms with Gasteiger partial charge in [0.25, 0.3) is 0 Å². The normalized spacial score (nSPS) is 13.0. The van der Waals surface area contributed by atoms with Crippen LogP contribution in [0.1, 0.15) is 30.1 Å². The first kappa shape index (κ1) is 14.5.